The number of hydrogen-bond acceptors (Lipinski definition) is 6. The van der Waals surface area contributed by atoms with Crippen LogP contribution in [0.25, 0.3) is 11.4 Å². The number of hydrogen-bond donors (Lipinski definition) is 1. The van der Waals surface area contributed by atoms with E-state index >= 15 is 0 Å². The molecule has 0 radical (unpaired) electrons. The van der Waals surface area contributed by atoms with E-state index in [-0.39, 0.29) is 11.8 Å². The molecule has 7 nitrogen and oxygen atoms in total. The Hall–Kier alpha value is -3.22. The largest absolute Gasteiger partial charge is 0.481 e. The standard InChI is InChI=1S/C24H30N4O3/c1-14(2)19-8-7-16(5)13-20(19)30-17(6)23(29)26-21(15(3)4)24-27-22(28-31-24)18-9-11-25-12-10-18/h7-15,17,21H,1-6H3,(H,26,29). The van der Waals surface area contributed by atoms with Crippen LogP contribution in [0.3, 0.4) is 0 Å². The maximum Gasteiger partial charge on any atom is 0.261 e. The molecule has 2 aromatic heterocycles. The first-order valence-electron chi connectivity index (χ1n) is 10.6. The zero-order valence-corrected chi connectivity index (χ0v) is 18.9. The van der Waals surface area contributed by atoms with E-state index < -0.39 is 12.1 Å². The number of aryl methyl sites for hydroxylation is 1. The topological polar surface area (TPSA) is 90.1 Å². The quantitative estimate of drug-likeness (QED) is 0.558. The number of pyridine rings is 1. The lowest BCUT2D eigenvalue weighted by Gasteiger charge is -2.23. The van der Waals surface area contributed by atoms with Gasteiger partial charge in [0.1, 0.15) is 11.8 Å². The van der Waals surface area contributed by atoms with Crippen molar-refractivity contribution >= 4 is 5.91 Å². The minimum Gasteiger partial charge on any atom is -0.481 e. The SMILES string of the molecule is Cc1ccc(C(C)C)c(OC(C)C(=O)NC(c2nc(-c3ccncc3)no2)C(C)C)c1. The number of aromatic nitrogens is 3. The lowest BCUT2D eigenvalue weighted by molar-refractivity contribution is -0.128. The third-order valence-electron chi connectivity index (χ3n) is 5.07. The predicted molar refractivity (Wildman–Crippen MR) is 119 cm³/mol. The number of nitrogens with one attached hydrogen (secondary N) is 1. The van der Waals surface area contributed by atoms with Gasteiger partial charge in [-0.15, -0.1) is 0 Å². The zero-order valence-electron chi connectivity index (χ0n) is 18.9. The van der Waals surface area contributed by atoms with Crippen LogP contribution in [0.2, 0.25) is 0 Å². The number of nitrogens with zero attached hydrogens (tertiary/aromatic N) is 3. The Balaban J connectivity index is 1.74. The Kier molecular flexibility index (Phi) is 7.05. The molecular weight excluding hydrogens is 392 g/mol. The number of ether oxygens (including phenoxy) is 1. The lowest BCUT2D eigenvalue weighted by atomic mass is 10.0. The summed E-state index contributed by atoms with van der Waals surface area (Å²) < 4.78 is 11.5. The van der Waals surface area contributed by atoms with Crippen LogP contribution in [0.15, 0.2) is 47.2 Å². The van der Waals surface area contributed by atoms with E-state index in [1.165, 1.54) is 0 Å². The van der Waals surface area contributed by atoms with Crippen LogP contribution in [0, 0.1) is 12.8 Å². The van der Waals surface area contributed by atoms with Gasteiger partial charge >= 0.3 is 0 Å². The summed E-state index contributed by atoms with van der Waals surface area (Å²) in [4.78, 5) is 21.4. The van der Waals surface area contributed by atoms with Gasteiger partial charge in [0.15, 0.2) is 6.10 Å². The van der Waals surface area contributed by atoms with E-state index in [1.807, 2.05) is 39.0 Å². The van der Waals surface area contributed by atoms with Crippen molar-refractivity contribution in [3.63, 3.8) is 0 Å². The molecule has 0 fully saturated rings. The zero-order chi connectivity index (χ0) is 22.5. The van der Waals surface area contributed by atoms with Crippen molar-refractivity contribution in [2.75, 3.05) is 0 Å². The molecule has 164 valence electrons. The van der Waals surface area contributed by atoms with Gasteiger partial charge in [-0.2, -0.15) is 4.98 Å². The number of rotatable bonds is 8. The molecule has 2 heterocycles. The molecule has 1 aromatic carbocycles. The van der Waals surface area contributed by atoms with Gasteiger partial charge in [-0.05, 0) is 55.0 Å². The Bertz CT molecular complexity index is 1010. The molecule has 0 aliphatic carbocycles. The van der Waals surface area contributed by atoms with Crippen LogP contribution in [-0.2, 0) is 4.79 Å². The number of benzene rings is 1. The Morgan fingerprint density at radius 3 is 2.42 bits per heavy atom. The monoisotopic (exact) mass is 422 g/mol. The Morgan fingerprint density at radius 1 is 1.06 bits per heavy atom. The average molecular weight is 423 g/mol. The summed E-state index contributed by atoms with van der Waals surface area (Å²) in [6.45, 7) is 11.9. The summed E-state index contributed by atoms with van der Waals surface area (Å²) >= 11 is 0. The molecular formula is C24H30N4O3. The second-order valence-electron chi connectivity index (χ2n) is 8.38. The molecule has 0 aliphatic rings. The second kappa shape index (κ2) is 9.73. The summed E-state index contributed by atoms with van der Waals surface area (Å²) in [6, 6.07) is 9.26. The van der Waals surface area contributed by atoms with Gasteiger partial charge in [0, 0.05) is 18.0 Å². The van der Waals surface area contributed by atoms with Crippen LogP contribution in [0.5, 0.6) is 5.75 Å². The fourth-order valence-corrected chi connectivity index (χ4v) is 3.23. The summed E-state index contributed by atoms with van der Waals surface area (Å²) in [5.41, 5.74) is 2.96. The van der Waals surface area contributed by atoms with Gasteiger partial charge in [0.25, 0.3) is 5.91 Å². The van der Waals surface area contributed by atoms with E-state index in [2.05, 4.69) is 46.4 Å². The molecule has 2 atom stereocenters. The van der Waals surface area contributed by atoms with Gasteiger partial charge in [-0.3, -0.25) is 9.78 Å². The minimum absolute atomic E-state index is 0.0482. The van der Waals surface area contributed by atoms with Crippen molar-refractivity contribution < 1.29 is 14.1 Å². The van der Waals surface area contributed by atoms with Gasteiger partial charge in [-0.1, -0.05) is 45.0 Å². The first kappa shape index (κ1) is 22.5. The van der Waals surface area contributed by atoms with E-state index in [0.29, 0.717) is 17.6 Å². The first-order chi connectivity index (χ1) is 14.8. The number of carbonyl (C=O) groups is 1. The summed E-state index contributed by atoms with van der Waals surface area (Å²) in [5, 5.41) is 7.06. The normalized spacial score (nSPS) is 13.3. The van der Waals surface area contributed by atoms with Crippen LogP contribution >= 0.6 is 0 Å². The third kappa shape index (κ3) is 5.48. The number of carbonyl (C=O) groups excluding carboxylic acids is 1. The molecule has 31 heavy (non-hydrogen) atoms. The minimum atomic E-state index is -0.678. The van der Waals surface area contributed by atoms with Crippen molar-refractivity contribution in [1.29, 1.82) is 0 Å². The highest BCUT2D eigenvalue weighted by atomic mass is 16.5. The van der Waals surface area contributed by atoms with Crippen molar-refractivity contribution in [3.8, 4) is 17.1 Å². The highest BCUT2D eigenvalue weighted by molar-refractivity contribution is 5.81. The van der Waals surface area contributed by atoms with Crippen molar-refractivity contribution in [3.05, 3.63) is 59.7 Å². The molecule has 3 rings (SSSR count). The summed E-state index contributed by atoms with van der Waals surface area (Å²) in [5.74, 6) is 1.66. The van der Waals surface area contributed by atoms with Gasteiger partial charge in [0.05, 0.1) is 0 Å². The average Bonchev–Trinajstić information content (AvgIpc) is 3.21. The molecule has 0 saturated heterocycles. The van der Waals surface area contributed by atoms with Crippen LogP contribution < -0.4 is 10.1 Å². The molecule has 0 spiro atoms. The molecule has 3 aromatic rings. The summed E-state index contributed by atoms with van der Waals surface area (Å²) in [6.07, 6.45) is 2.66. The molecule has 1 N–H and O–H groups in total. The highest BCUT2D eigenvalue weighted by Crippen LogP contribution is 2.29. The fraction of sp³-hybridized carbons (Fsp3) is 0.417. The molecule has 7 heteroatoms. The van der Waals surface area contributed by atoms with Crippen LogP contribution in [0.4, 0.5) is 0 Å². The molecule has 0 bridgehead atoms. The predicted octanol–water partition coefficient (Wildman–Crippen LogP) is 4.84. The van der Waals surface area contributed by atoms with Gasteiger partial charge in [0.2, 0.25) is 11.7 Å². The Labute approximate surface area is 183 Å². The van der Waals surface area contributed by atoms with Crippen molar-refractivity contribution in [1.82, 2.24) is 20.4 Å². The maximum atomic E-state index is 12.9. The third-order valence-corrected chi connectivity index (χ3v) is 5.07. The van der Waals surface area contributed by atoms with Crippen molar-refractivity contribution in [2.45, 2.75) is 59.6 Å². The van der Waals surface area contributed by atoms with Gasteiger partial charge in [-0.25, -0.2) is 0 Å². The van der Waals surface area contributed by atoms with E-state index in [4.69, 9.17) is 9.26 Å². The van der Waals surface area contributed by atoms with E-state index in [1.54, 1.807) is 19.3 Å². The smallest absolute Gasteiger partial charge is 0.261 e. The summed E-state index contributed by atoms with van der Waals surface area (Å²) in [7, 11) is 0. The molecule has 0 saturated carbocycles. The highest BCUT2D eigenvalue weighted by Gasteiger charge is 2.28. The Morgan fingerprint density at radius 2 is 1.77 bits per heavy atom. The molecule has 0 aliphatic heterocycles. The fourth-order valence-electron chi connectivity index (χ4n) is 3.23. The molecule has 1 amide bonds. The lowest BCUT2D eigenvalue weighted by Crippen LogP contribution is -2.40. The van der Waals surface area contributed by atoms with Crippen molar-refractivity contribution in [2.24, 2.45) is 5.92 Å². The number of amides is 1. The van der Waals surface area contributed by atoms with Crippen LogP contribution in [0.1, 0.15) is 63.6 Å². The first-order valence-corrected chi connectivity index (χ1v) is 10.6. The van der Waals surface area contributed by atoms with Gasteiger partial charge < -0.3 is 14.6 Å². The molecule has 2 unspecified atom stereocenters. The van der Waals surface area contributed by atoms with Crippen LogP contribution in [-0.4, -0.2) is 27.1 Å². The second-order valence-corrected chi connectivity index (χ2v) is 8.38. The van der Waals surface area contributed by atoms with E-state index in [9.17, 15) is 4.79 Å². The maximum absolute atomic E-state index is 12.9. The van der Waals surface area contributed by atoms with E-state index in [0.717, 1.165) is 22.4 Å².